The normalized spacial score (nSPS) is 11.3. The molecule has 160 valence electrons. The van der Waals surface area contributed by atoms with Gasteiger partial charge in [-0.15, -0.1) is 0 Å². The maximum Gasteiger partial charge on any atom is 0.358 e. The number of fused-ring (bicyclic) bond motifs is 1. The molecule has 0 aliphatic rings. The van der Waals surface area contributed by atoms with Crippen molar-refractivity contribution in [1.82, 2.24) is 24.7 Å². The van der Waals surface area contributed by atoms with E-state index in [1.807, 2.05) is 57.8 Å². The van der Waals surface area contributed by atoms with Gasteiger partial charge in [0.05, 0.1) is 13.2 Å². The van der Waals surface area contributed by atoms with E-state index in [4.69, 9.17) is 4.74 Å². The summed E-state index contributed by atoms with van der Waals surface area (Å²) in [4.78, 5) is 27.4. The number of ether oxygens (including phenoxy) is 1. The van der Waals surface area contributed by atoms with E-state index < -0.39 is 5.97 Å². The van der Waals surface area contributed by atoms with Crippen molar-refractivity contribution in [2.45, 2.75) is 40.3 Å². The Balaban J connectivity index is 2.21. The highest BCUT2D eigenvalue weighted by molar-refractivity contribution is 6.03. The number of carbonyl (C=O) groups is 1. The summed E-state index contributed by atoms with van der Waals surface area (Å²) in [6.45, 7) is 9.13. The van der Waals surface area contributed by atoms with Crippen molar-refractivity contribution in [2.75, 3.05) is 30.5 Å². The Morgan fingerprint density at radius 2 is 2.07 bits per heavy atom. The van der Waals surface area contributed by atoms with E-state index in [9.17, 15) is 9.90 Å². The number of carboxylic acids is 1. The maximum atomic E-state index is 11.9. The van der Waals surface area contributed by atoms with Crippen LogP contribution < -0.4 is 10.2 Å². The van der Waals surface area contributed by atoms with E-state index in [0.717, 1.165) is 5.69 Å². The molecule has 3 aromatic heterocycles. The highest BCUT2D eigenvalue weighted by Gasteiger charge is 2.24. The lowest BCUT2D eigenvalue weighted by Crippen LogP contribution is -2.28. The number of aromatic nitrogens is 5. The molecule has 0 atom stereocenters. The molecule has 0 bridgehead atoms. The molecule has 0 radical (unpaired) electrons. The molecule has 10 nitrogen and oxygen atoms in total. The van der Waals surface area contributed by atoms with E-state index in [1.54, 1.807) is 4.68 Å². The first-order valence-electron chi connectivity index (χ1n) is 9.85. The van der Waals surface area contributed by atoms with E-state index in [0.29, 0.717) is 42.9 Å². The number of nitrogens with zero attached hydrogens (tertiary/aromatic N) is 6. The Labute approximate surface area is 174 Å². The predicted octanol–water partition coefficient (Wildman–Crippen LogP) is 2.85. The van der Waals surface area contributed by atoms with Gasteiger partial charge in [-0.25, -0.2) is 14.8 Å². The molecule has 0 saturated heterocycles. The standard InChI is InChI=1S/C20H27N7O3/c1-6-30-11-10-27-17-15(16(25-27)19(28)29)23-20(26(5)12(2)3)24-18(17)22-14-9-7-8-13(4)21-14/h7-9,12H,6,10-11H2,1-5H3,(H,28,29)(H,21,22,23,24). The largest absolute Gasteiger partial charge is 0.476 e. The summed E-state index contributed by atoms with van der Waals surface area (Å²) in [5.74, 6) is 0.297. The van der Waals surface area contributed by atoms with Crippen LogP contribution >= 0.6 is 0 Å². The third kappa shape index (κ3) is 4.48. The van der Waals surface area contributed by atoms with Crippen LogP contribution in [0.2, 0.25) is 0 Å². The van der Waals surface area contributed by atoms with E-state index in [-0.39, 0.29) is 17.3 Å². The number of hydrogen-bond donors (Lipinski definition) is 2. The molecule has 3 rings (SSSR count). The van der Waals surface area contributed by atoms with E-state index >= 15 is 0 Å². The van der Waals surface area contributed by atoms with E-state index in [2.05, 4.69) is 25.4 Å². The van der Waals surface area contributed by atoms with Crippen LogP contribution in [0.25, 0.3) is 11.0 Å². The number of carboxylic acid groups (broad SMARTS) is 1. The van der Waals surface area contributed by atoms with Gasteiger partial charge in [0.1, 0.15) is 16.9 Å². The zero-order valence-corrected chi connectivity index (χ0v) is 17.9. The second kappa shape index (κ2) is 9.04. The first kappa shape index (κ1) is 21.4. The van der Waals surface area contributed by atoms with Gasteiger partial charge in [0.25, 0.3) is 0 Å². The Morgan fingerprint density at radius 1 is 1.30 bits per heavy atom. The number of nitrogens with one attached hydrogen (secondary N) is 1. The molecule has 0 unspecified atom stereocenters. The summed E-state index contributed by atoms with van der Waals surface area (Å²) in [7, 11) is 1.86. The van der Waals surface area contributed by atoms with Crippen molar-refractivity contribution < 1.29 is 14.6 Å². The summed E-state index contributed by atoms with van der Waals surface area (Å²) in [5, 5.41) is 17.2. The summed E-state index contributed by atoms with van der Waals surface area (Å²) in [6, 6.07) is 5.73. The number of aryl methyl sites for hydroxylation is 1. The molecular weight excluding hydrogens is 386 g/mol. The lowest BCUT2D eigenvalue weighted by atomic mass is 10.3. The van der Waals surface area contributed by atoms with Gasteiger partial charge in [0, 0.05) is 25.4 Å². The molecular formula is C20H27N7O3. The van der Waals surface area contributed by atoms with Crippen LogP contribution in [0.3, 0.4) is 0 Å². The van der Waals surface area contributed by atoms with Crippen LogP contribution in [0.5, 0.6) is 0 Å². The number of rotatable bonds is 9. The number of hydrogen-bond acceptors (Lipinski definition) is 8. The lowest BCUT2D eigenvalue weighted by Gasteiger charge is -2.22. The molecule has 0 aromatic carbocycles. The number of aromatic carboxylic acids is 1. The Hall–Kier alpha value is -3.27. The van der Waals surface area contributed by atoms with Gasteiger partial charge in [-0.05, 0) is 39.8 Å². The SMILES string of the molecule is CCOCCn1nc(C(=O)O)c2nc(N(C)C(C)C)nc(Nc3cccc(C)n3)c21. The van der Waals surface area contributed by atoms with Crippen molar-refractivity contribution >= 4 is 34.6 Å². The predicted molar refractivity (Wildman–Crippen MR) is 115 cm³/mol. The Bertz CT molecular complexity index is 1050. The van der Waals surface area contributed by atoms with Gasteiger partial charge in [0.2, 0.25) is 5.95 Å². The zero-order chi connectivity index (χ0) is 21.8. The fourth-order valence-electron chi connectivity index (χ4n) is 2.88. The zero-order valence-electron chi connectivity index (χ0n) is 17.9. The van der Waals surface area contributed by atoms with Crippen molar-refractivity contribution in [1.29, 1.82) is 0 Å². The number of pyridine rings is 1. The van der Waals surface area contributed by atoms with Crippen molar-refractivity contribution in [2.24, 2.45) is 0 Å². The van der Waals surface area contributed by atoms with Gasteiger partial charge in [-0.1, -0.05) is 6.07 Å². The minimum atomic E-state index is -1.15. The number of anilines is 3. The van der Waals surface area contributed by atoms with Gasteiger partial charge in [0.15, 0.2) is 11.5 Å². The lowest BCUT2D eigenvalue weighted by molar-refractivity contribution is 0.0690. The first-order chi connectivity index (χ1) is 14.3. The van der Waals surface area contributed by atoms with Gasteiger partial charge >= 0.3 is 5.97 Å². The molecule has 0 fully saturated rings. The molecule has 0 amide bonds. The van der Waals surface area contributed by atoms with E-state index in [1.165, 1.54) is 0 Å². The summed E-state index contributed by atoms with van der Waals surface area (Å²) >= 11 is 0. The molecule has 0 aliphatic carbocycles. The van der Waals surface area contributed by atoms with Crippen molar-refractivity contribution in [3.63, 3.8) is 0 Å². The summed E-state index contributed by atoms with van der Waals surface area (Å²) in [5.41, 5.74) is 1.49. The van der Waals surface area contributed by atoms with Crippen LogP contribution in [-0.4, -0.2) is 62.1 Å². The van der Waals surface area contributed by atoms with Gasteiger partial charge in [-0.3, -0.25) is 4.68 Å². The quantitative estimate of drug-likeness (QED) is 0.510. The first-order valence-corrected chi connectivity index (χ1v) is 9.85. The molecule has 0 aliphatic heterocycles. The second-order valence-electron chi connectivity index (χ2n) is 7.14. The topological polar surface area (TPSA) is 118 Å². The van der Waals surface area contributed by atoms with Crippen molar-refractivity contribution in [3.05, 3.63) is 29.6 Å². The highest BCUT2D eigenvalue weighted by Crippen LogP contribution is 2.28. The maximum absolute atomic E-state index is 11.9. The van der Waals surface area contributed by atoms with Crippen LogP contribution in [0, 0.1) is 6.92 Å². The van der Waals surface area contributed by atoms with Crippen LogP contribution in [0.4, 0.5) is 17.6 Å². The van der Waals surface area contributed by atoms with Crippen LogP contribution in [0.1, 0.15) is 37.0 Å². The van der Waals surface area contributed by atoms with Gasteiger partial charge in [-0.2, -0.15) is 10.1 Å². The summed E-state index contributed by atoms with van der Waals surface area (Å²) in [6.07, 6.45) is 0. The third-order valence-corrected chi connectivity index (χ3v) is 4.65. The minimum absolute atomic E-state index is 0.119. The molecule has 10 heteroatoms. The molecule has 2 N–H and O–H groups in total. The molecule has 30 heavy (non-hydrogen) atoms. The average molecular weight is 413 g/mol. The Morgan fingerprint density at radius 3 is 2.70 bits per heavy atom. The molecule has 3 heterocycles. The van der Waals surface area contributed by atoms with Crippen molar-refractivity contribution in [3.8, 4) is 0 Å². The van der Waals surface area contributed by atoms with Gasteiger partial charge < -0.3 is 20.1 Å². The molecule has 0 saturated carbocycles. The summed E-state index contributed by atoms with van der Waals surface area (Å²) < 4.78 is 7.01. The highest BCUT2D eigenvalue weighted by atomic mass is 16.5. The Kier molecular flexibility index (Phi) is 6.46. The molecule has 0 spiro atoms. The minimum Gasteiger partial charge on any atom is -0.476 e. The van der Waals surface area contributed by atoms with Crippen LogP contribution in [0.15, 0.2) is 18.2 Å². The van der Waals surface area contributed by atoms with Crippen LogP contribution in [-0.2, 0) is 11.3 Å². The fourth-order valence-corrected chi connectivity index (χ4v) is 2.88. The average Bonchev–Trinajstić information content (AvgIpc) is 3.06. The second-order valence-corrected chi connectivity index (χ2v) is 7.14. The fraction of sp³-hybridized carbons (Fsp3) is 0.450. The molecule has 3 aromatic rings. The monoisotopic (exact) mass is 413 g/mol. The smallest absolute Gasteiger partial charge is 0.358 e. The third-order valence-electron chi connectivity index (χ3n) is 4.65.